The first-order chi connectivity index (χ1) is 10.3. The zero-order chi connectivity index (χ0) is 14.7. The second-order valence-electron chi connectivity index (χ2n) is 4.44. The fraction of sp³-hybridized carbons (Fsp3) is 0.0625. The Bertz CT molecular complexity index is 800. The van der Waals surface area contributed by atoms with Gasteiger partial charge in [-0.25, -0.2) is 0 Å². The number of hydrogen-bond acceptors (Lipinski definition) is 4. The van der Waals surface area contributed by atoms with Gasteiger partial charge >= 0.3 is 0 Å². The standard InChI is InChI=1S/C16H12N4O/c1-21-14-7-5-11(6-8-14)12-3-2-4-13(9-12)16-15(10-17)18-20-19-16/h2-9H,1H3,(H,18,19,20). The highest BCUT2D eigenvalue weighted by Gasteiger charge is 2.10. The van der Waals surface area contributed by atoms with E-state index >= 15 is 0 Å². The predicted octanol–water partition coefficient (Wildman–Crippen LogP) is 3.02. The Kier molecular flexibility index (Phi) is 3.36. The Morgan fingerprint density at radius 2 is 1.76 bits per heavy atom. The lowest BCUT2D eigenvalue weighted by Crippen LogP contribution is -1.85. The van der Waals surface area contributed by atoms with Crippen LogP contribution in [-0.2, 0) is 0 Å². The lowest BCUT2D eigenvalue weighted by molar-refractivity contribution is 0.415. The molecule has 102 valence electrons. The Morgan fingerprint density at radius 1 is 1.00 bits per heavy atom. The van der Waals surface area contributed by atoms with Crippen molar-refractivity contribution in [1.82, 2.24) is 15.4 Å². The van der Waals surface area contributed by atoms with Gasteiger partial charge in [0.05, 0.1) is 7.11 Å². The number of aromatic nitrogens is 3. The molecule has 1 N–H and O–H groups in total. The molecular weight excluding hydrogens is 264 g/mol. The van der Waals surface area contributed by atoms with E-state index in [1.165, 1.54) is 0 Å². The molecular formula is C16H12N4O. The minimum Gasteiger partial charge on any atom is -0.497 e. The molecule has 21 heavy (non-hydrogen) atoms. The molecule has 0 aliphatic carbocycles. The Hall–Kier alpha value is -3.13. The van der Waals surface area contributed by atoms with Crippen LogP contribution in [0.25, 0.3) is 22.4 Å². The van der Waals surface area contributed by atoms with Crippen molar-refractivity contribution in [3.63, 3.8) is 0 Å². The predicted molar refractivity (Wildman–Crippen MR) is 78.5 cm³/mol. The van der Waals surface area contributed by atoms with E-state index < -0.39 is 0 Å². The van der Waals surface area contributed by atoms with Crippen molar-refractivity contribution >= 4 is 0 Å². The van der Waals surface area contributed by atoms with E-state index in [2.05, 4.69) is 15.4 Å². The summed E-state index contributed by atoms with van der Waals surface area (Å²) in [7, 11) is 1.64. The lowest BCUT2D eigenvalue weighted by atomic mass is 10.0. The molecule has 0 unspecified atom stereocenters. The molecule has 0 atom stereocenters. The Balaban J connectivity index is 2.02. The largest absolute Gasteiger partial charge is 0.497 e. The molecule has 1 heterocycles. The molecule has 0 amide bonds. The van der Waals surface area contributed by atoms with Gasteiger partial charge in [0, 0.05) is 5.56 Å². The highest BCUT2D eigenvalue weighted by Crippen LogP contribution is 2.27. The zero-order valence-corrected chi connectivity index (χ0v) is 11.4. The van der Waals surface area contributed by atoms with Crippen LogP contribution in [0.15, 0.2) is 48.5 Å². The number of hydrogen-bond donors (Lipinski definition) is 1. The van der Waals surface area contributed by atoms with Crippen LogP contribution in [0.3, 0.4) is 0 Å². The van der Waals surface area contributed by atoms with E-state index in [1.807, 2.05) is 54.6 Å². The van der Waals surface area contributed by atoms with Crippen LogP contribution < -0.4 is 4.74 Å². The fourth-order valence-electron chi connectivity index (χ4n) is 2.14. The molecule has 0 bridgehead atoms. The second-order valence-corrected chi connectivity index (χ2v) is 4.44. The summed E-state index contributed by atoms with van der Waals surface area (Å²) < 4.78 is 5.16. The normalized spacial score (nSPS) is 10.1. The van der Waals surface area contributed by atoms with E-state index in [9.17, 15) is 0 Å². The number of aromatic amines is 1. The molecule has 0 saturated carbocycles. The van der Waals surface area contributed by atoms with Crippen molar-refractivity contribution in [2.45, 2.75) is 0 Å². The number of methoxy groups -OCH3 is 1. The summed E-state index contributed by atoms with van der Waals surface area (Å²) in [6.07, 6.45) is 0. The highest BCUT2D eigenvalue weighted by molar-refractivity contribution is 5.73. The zero-order valence-electron chi connectivity index (χ0n) is 11.4. The minimum absolute atomic E-state index is 0.293. The molecule has 0 radical (unpaired) electrons. The molecule has 3 aromatic rings. The van der Waals surface area contributed by atoms with Gasteiger partial charge in [-0.3, -0.25) is 0 Å². The summed E-state index contributed by atoms with van der Waals surface area (Å²) >= 11 is 0. The maximum Gasteiger partial charge on any atom is 0.190 e. The van der Waals surface area contributed by atoms with Crippen LogP contribution in [0.5, 0.6) is 5.75 Å². The van der Waals surface area contributed by atoms with Crippen LogP contribution in [0.2, 0.25) is 0 Å². The average Bonchev–Trinajstić information content (AvgIpc) is 3.04. The van der Waals surface area contributed by atoms with Crippen molar-refractivity contribution in [2.75, 3.05) is 7.11 Å². The van der Waals surface area contributed by atoms with Crippen LogP contribution in [0.4, 0.5) is 0 Å². The van der Waals surface area contributed by atoms with E-state index in [0.29, 0.717) is 11.4 Å². The second kappa shape index (κ2) is 5.47. The third-order valence-electron chi connectivity index (χ3n) is 3.21. The molecule has 5 heteroatoms. The molecule has 0 aliphatic heterocycles. The molecule has 5 nitrogen and oxygen atoms in total. The number of nitriles is 1. The van der Waals surface area contributed by atoms with E-state index in [1.54, 1.807) is 7.11 Å². The third-order valence-corrected chi connectivity index (χ3v) is 3.21. The van der Waals surface area contributed by atoms with Crippen molar-refractivity contribution < 1.29 is 4.74 Å². The van der Waals surface area contributed by atoms with Crippen molar-refractivity contribution in [3.8, 4) is 34.2 Å². The van der Waals surface area contributed by atoms with Gasteiger partial charge in [0.2, 0.25) is 0 Å². The smallest absolute Gasteiger partial charge is 0.190 e. The van der Waals surface area contributed by atoms with E-state index in [-0.39, 0.29) is 0 Å². The van der Waals surface area contributed by atoms with Gasteiger partial charge in [-0.15, -0.1) is 5.10 Å². The summed E-state index contributed by atoms with van der Waals surface area (Å²) in [5, 5.41) is 19.4. The van der Waals surface area contributed by atoms with Crippen molar-refractivity contribution in [2.24, 2.45) is 0 Å². The minimum atomic E-state index is 0.293. The van der Waals surface area contributed by atoms with Gasteiger partial charge in [0.1, 0.15) is 17.5 Å². The van der Waals surface area contributed by atoms with Crippen LogP contribution in [0, 0.1) is 11.3 Å². The van der Waals surface area contributed by atoms with E-state index in [4.69, 9.17) is 10.00 Å². The summed E-state index contributed by atoms with van der Waals surface area (Å²) in [4.78, 5) is 0. The summed E-state index contributed by atoms with van der Waals surface area (Å²) in [6.45, 7) is 0. The highest BCUT2D eigenvalue weighted by atomic mass is 16.5. The molecule has 0 saturated heterocycles. The number of ether oxygens (including phenoxy) is 1. The summed E-state index contributed by atoms with van der Waals surface area (Å²) in [5.74, 6) is 0.818. The maximum absolute atomic E-state index is 9.03. The first-order valence-corrected chi connectivity index (χ1v) is 6.37. The van der Waals surface area contributed by atoms with Crippen molar-refractivity contribution in [3.05, 3.63) is 54.2 Å². The Morgan fingerprint density at radius 3 is 2.48 bits per heavy atom. The molecule has 0 fully saturated rings. The number of H-pyrrole nitrogens is 1. The van der Waals surface area contributed by atoms with Gasteiger partial charge in [0.25, 0.3) is 0 Å². The summed E-state index contributed by atoms with van der Waals surface area (Å²) in [5.41, 5.74) is 3.82. The first kappa shape index (κ1) is 12.9. The molecule has 0 aliphatic rings. The molecule has 2 aromatic carbocycles. The van der Waals surface area contributed by atoms with Gasteiger partial charge < -0.3 is 4.74 Å². The number of rotatable bonds is 3. The summed E-state index contributed by atoms with van der Waals surface area (Å²) in [6, 6.07) is 17.7. The number of nitrogens with one attached hydrogen (secondary N) is 1. The molecule has 1 aromatic heterocycles. The SMILES string of the molecule is COc1ccc(-c2cccc(-c3n[nH]nc3C#N)c2)cc1. The van der Waals surface area contributed by atoms with E-state index in [0.717, 1.165) is 22.4 Å². The molecule has 0 spiro atoms. The quantitative estimate of drug-likeness (QED) is 0.798. The van der Waals surface area contributed by atoms with Crippen LogP contribution >= 0.6 is 0 Å². The maximum atomic E-state index is 9.03. The molecule has 3 rings (SSSR count). The lowest BCUT2D eigenvalue weighted by Gasteiger charge is -2.05. The van der Waals surface area contributed by atoms with Gasteiger partial charge in [-0.1, -0.05) is 30.3 Å². The fourth-order valence-corrected chi connectivity index (χ4v) is 2.14. The average molecular weight is 276 g/mol. The number of benzene rings is 2. The van der Waals surface area contributed by atoms with Gasteiger partial charge in [-0.05, 0) is 29.3 Å². The first-order valence-electron chi connectivity index (χ1n) is 6.37. The van der Waals surface area contributed by atoms with Crippen molar-refractivity contribution in [1.29, 1.82) is 5.26 Å². The third kappa shape index (κ3) is 2.47. The van der Waals surface area contributed by atoms with Gasteiger partial charge in [0.15, 0.2) is 5.69 Å². The number of nitrogens with zero attached hydrogens (tertiary/aromatic N) is 3. The monoisotopic (exact) mass is 276 g/mol. The topological polar surface area (TPSA) is 74.6 Å². The van der Waals surface area contributed by atoms with Crippen LogP contribution in [0.1, 0.15) is 5.69 Å². The van der Waals surface area contributed by atoms with Gasteiger partial charge in [-0.2, -0.15) is 15.6 Å². The Labute approximate surface area is 121 Å². The van der Waals surface area contributed by atoms with Crippen LogP contribution in [-0.4, -0.2) is 22.5 Å².